The molecule has 4 rings (SSSR count). The molecule has 1 N–H and O–H groups in total. The van der Waals surface area contributed by atoms with Gasteiger partial charge >= 0.3 is 0 Å². The molecule has 1 fully saturated rings. The largest absolute Gasteiger partial charge is 0.497 e. The molecule has 0 spiro atoms. The molecule has 1 atom stereocenters. The van der Waals surface area contributed by atoms with Gasteiger partial charge in [0, 0.05) is 19.0 Å². The van der Waals surface area contributed by atoms with Crippen molar-refractivity contribution in [3.63, 3.8) is 0 Å². The summed E-state index contributed by atoms with van der Waals surface area (Å²) in [5.74, 6) is 0.746. The van der Waals surface area contributed by atoms with E-state index in [2.05, 4.69) is 29.6 Å². The number of aryl methyl sites for hydroxylation is 1. The summed E-state index contributed by atoms with van der Waals surface area (Å²) in [5, 5.41) is 5.61. The fourth-order valence-corrected chi connectivity index (χ4v) is 5.29. The molecule has 3 aromatic rings. The molecule has 2 amide bonds. The first kappa shape index (κ1) is 25.7. The average Bonchev–Trinajstić information content (AvgIpc) is 2.92. The van der Waals surface area contributed by atoms with Crippen molar-refractivity contribution in [2.75, 3.05) is 7.11 Å². The SMILES string of the molecule is CC[C@@H](C(=O)NC1CCCCC1)N(Cc1ccc(OC)cc1)C(=O)CCc1cccc2ccccc12. The zero-order valence-corrected chi connectivity index (χ0v) is 21.5. The van der Waals surface area contributed by atoms with Crippen LogP contribution in [0.5, 0.6) is 5.75 Å². The number of nitrogens with zero attached hydrogens (tertiary/aromatic N) is 1. The van der Waals surface area contributed by atoms with Gasteiger partial charge in [0.25, 0.3) is 0 Å². The van der Waals surface area contributed by atoms with Crippen molar-refractivity contribution >= 4 is 22.6 Å². The van der Waals surface area contributed by atoms with E-state index in [9.17, 15) is 9.59 Å². The normalized spacial score (nSPS) is 14.8. The molecule has 0 aliphatic heterocycles. The van der Waals surface area contributed by atoms with E-state index >= 15 is 0 Å². The van der Waals surface area contributed by atoms with Crippen molar-refractivity contribution < 1.29 is 14.3 Å². The van der Waals surface area contributed by atoms with Crippen molar-refractivity contribution in [2.45, 2.75) is 76.9 Å². The maximum Gasteiger partial charge on any atom is 0.243 e. The summed E-state index contributed by atoms with van der Waals surface area (Å²) in [5.41, 5.74) is 2.14. The molecule has 0 bridgehead atoms. The number of benzene rings is 3. The van der Waals surface area contributed by atoms with Crippen molar-refractivity contribution in [1.29, 1.82) is 0 Å². The Morgan fingerprint density at radius 1 is 0.972 bits per heavy atom. The Balaban J connectivity index is 1.53. The fraction of sp³-hybridized carbons (Fsp3) is 0.419. The van der Waals surface area contributed by atoms with Crippen molar-refractivity contribution in [3.8, 4) is 5.75 Å². The second kappa shape index (κ2) is 12.6. The van der Waals surface area contributed by atoms with Crippen LogP contribution in [0.25, 0.3) is 10.8 Å². The Morgan fingerprint density at radius 3 is 2.42 bits per heavy atom. The van der Waals surface area contributed by atoms with Gasteiger partial charge in [0.15, 0.2) is 0 Å². The van der Waals surface area contributed by atoms with Crippen LogP contribution in [0.15, 0.2) is 66.7 Å². The van der Waals surface area contributed by atoms with Crippen LogP contribution in [0.4, 0.5) is 0 Å². The Kier molecular flexibility index (Phi) is 8.99. The minimum atomic E-state index is -0.492. The molecule has 1 aliphatic rings. The molecule has 36 heavy (non-hydrogen) atoms. The molecular formula is C31H38N2O3. The Morgan fingerprint density at radius 2 is 1.69 bits per heavy atom. The summed E-state index contributed by atoms with van der Waals surface area (Å²) < 4.78 is 5.29. The molecule has 190 valence electrons. The maximum atomic E-state index is 13.7. The van der Waals surface area contributed by atoms with Gasteiger partial charge in [-0.15, -0.1) is 0 Å². The Hall–Kier alpha value is -3.34. The van der Waals surface area contributed by atoms with E-state index in [1.54, 1.807) is 12.0 Å². The fourth-order valence-electron chi connectivity index (χ4n) is 5.29. The number of ether oxygens (including phenoxy) is 1. The van der Waals surface area contributed by atoms with Crippen LogP contribution in [0, 0.1) is 0 Å². The minimum absolute atomic E-state index is 0.00407. The van der Waals surface area contributed by atoms with E-state index in [0.717, 1.165) is 42.6 Å². The topological polar surface area (TPSA) is 58.6 Å². The standard InChI is InChI=1S/C31H38N2O3/c1-3-29(31(35)32-26-13-5-4-6-14-26)33(22-23-16-19-27(36-2)20-17-23)30(34)21-18-25-12-9-11-24-10-7-8-15-28(24)25/h7-12,15-17,19-20,26,29H,3-6,13-14,18,21-22H2,1-2H3,(H,32,35)/t29-/m0/s1. The molecule has 0 heterocycles. The quantitative estimate of drug-likeness (QED) is 0.380. The van der Waals surface area contributed by atoms with E-state index < -0.39 is 6.04 Å². The number of carbonyl (C=O) groups excluding carboxylic acids is 2. The van der Waals surface area contributed by atoms with Crippen LogP contribution in [-0.4, -0.2) is 35.9 Å². The first-order valence-corrected chi connectivity index (χ1v) is 13.3. The minimum Gasteiger partial charge on any atom is -0.497 e. The predicted molar refractivity (Wildman–Crippen MR) is 145 cm³/mol. The van der Waals surface area contributed by atoms with Crippen molar-refractivity contribution in [2.24, 2.45) is 0 Å². The van der Waals surface area contributed by atoms with E-state index in [0.29, 0.717) is 25.8 Å². The van der Waals surface area contributed by atoms with Crippen LogP contribution in [0.2, 0.25) is 0 Å². The van der Waals surface area contributed by atoms with Crippen molar-refractivity contribution in [3.05, 3.63) is 77.9 Å². The molecule has 5 nitrogen and oxygen atoms in total. The Labute approximate surface area is 214 Å². The lowest BCUT2D eigenvalue weighted by atomic mass is 9.95. The number of rotatable bonds is 10. The van der Waals surface area contributed by atoms with Crippen LogP contribution in [-0.2, 0) is 22.6 Å². The van der Waals surface area contributed by atoms with Gasteiger partial charge in [0.2, 0.25) is 11.8 Å². The van der Waals surface area contributed by atoms with Crippen LogP contribution in [0.3, 0.4) is 0 Å². The molecule has 0 radical (unpaired) electrons. The summed E-state index contributed by atoms with van der Waals surface area (Å²) in [7, 11) is 1.64. The highest BCUT2D eigenvalue weighted by molar-refractivity contribution is 5.89. The van der Waals surface area contributed by atoms with Crippen LogP contribution < -0.4 is 10.1 Å². The molecule has 5 heteroatoms. The van der Waals surface area contributed by atoms with Gasteiger partial charge in [0.05, 0.1) is 7.11 Å². The van der Waals surface area contributed by atoms with Gasteiger partial charge in [-0.05, 0) is 59.7 Å². The van der Waals surface area contributed by atoms with E-state index in [1.807, 2.05) is 49.4 Å². The second-order valence-corrected chi connectivity index (χ2v) is 9.78. The highest BCUT2D eigenvalue weighted by Crippen LogP contribution is 2.23. The van der Waals surface area contributed by atoms with Crippen molar-refractivity contribution in [1.82, 2.24) is 10.2 Å². The number of amides is 2. The van der Waals surface area contributed by atoms with E-state index in [4.69, 9.17) is 4.74 Å². The lowest BCUT2D eigenvalue weighted by Gasteiger charge is -2.33. The first-order chi connectivity index (χ1) is 17.6. The summed E-state index contributed by atoms with van der Waals surface area (Å²) in [4.78, 5) is 28.9. The summed E-state index contributed by atoms with van der Waals surface area (Å²) in [6, 6.07) is 22.0. The van der Waals surface area contributed by atoms with Crippen LogP contribution >= 0.6 is 0 Å². The number of nitrogens with one attached hydrogen (secondary N) is 1. The van der Waals surface area contributed by atoms with E-state index in [-0.39, 0.29) is 17.9 Å². The zero-order valence-electron chi connectivity index (χ0n) is 21.5. The molecule has 0 saturated heterocycles. The predicted octanol–water partition coefficient (Wildman–Crippen LogP) is 6.04. The van der Waals surface area contributed by atoms with Crippen LogP contribution in [0.1, 0.15) is 63.0 Å². The van der Waals surface area contributed by atoms with Gasteiger partial charge in [-0.1, -0.05) is 80.8 Å². The monoisotopic (exact) mass is 486 g/mol. The molecule has 1 aliphatic carbocycles. The maximum absolute atomic E-state index is 13.7. The van der Waals surface area contributed by atoms with Gasteiger partial charge in [-0.25, -0.2) is 0 Å². The third-order valence-corrected chi connectivity index (χ3v) is 7.34. The highest BCUT2D eigenvalue weighted by Gasteiger charge is 2.30. The number of carbonyl (C=O) groups is 2. The number of methoxy groups -OCH3 is 1. The molecule has 1 saturated carbocycles. The molecule has 3 aromatic carbocycles. The molecule has 0 aromatic heterocycles. The third-order valence-electron chi connectivity index (χ3n) is 7.34. The highest BCUT2D eigenvalue weighted by atomic mass is 16.5. The molecule has 0 unspecified atom stereocenters. The smallest absolute Gasteiger partial charge is 0.243 e. The summed E-state index contributed by atoms with van der Waals surface area (Å²) in [6.45, 7) is 2.39. The first-order valence-electron chi connectivity index (χ1n) is 13.3. The number of hydrogen-bond acceptors (Lipinski definition) is 3. The Bertz CT molecular complexity index is 1150. The van der Waals surface area contributed by atoms with E-state index in [1.165, 1.54) is 17.2 Å². The number of fused-ring (bicyclic) bond motifs is 1. The third kappa shape index (κ3) is 6.45. The second-order valence-electron chi connectivity index (χ2n) is 9.78. The summed E-state index contributed by atoms with van der Waals surface area (Å²) in [6.07, 6.45) is 7.17. The summed E-state index contributed by atoms with van der Waals surface area (Å²) >= 11 is 0. The lowest BCUT2D eigenvalue weighted by molar-refractivity contribution is -0.141. The zero-order chi connectivity index (χ0) is 25.3. The van der Waals surface area contributed by atoms with Gasteiger partial charge in [-0.3, -0.25) is 9.59 Å². The lowest BCUT2D eigenvalue weighted by Crippen LogP contribution is -2.51. The van der Waals surface area contributed by atoms with Gasteiger partial charge in [0.1, 0.15) is 11.8 Å². The van der Waals surface area contributed by atoms with Gasteiger partial charge in [-0.2, -0.15) is 0 Å². The number of hydrogen-bond donors (Lipinski definition) is 1. The average molecular weight is 487 g/mol. The van der Waals surface area contributed by atoms with Gasteiger partial charge < -0.3 is 15.0 Å². The molecular weight excluding hydrogens is 448 g/mol.